The van der Waals surface area contributed by atoms with Gasteiger partial charge in [0.2, 0.25) is 11.9 Å². The number of hydrogen-bond donors (Lipinski definition) is 3. The average molecular weight is 325 g/mol. The highest BCUT2D eigenvalue weighted by atomic mass is 16.3. The molecule has 122 valence electrons. The second-order valence-electron chi connectivity index (χ2n) is 5.02. The molecule has 8 nitrogen and oxygen atoms in total. The number of anilines is 1. The second kappa shape index (κ2) is 7.23. The average Bonchev–Trinajstić information content (AvgIpc) is 3.29. The number of rotatable bonds is 6. The van der Waals surface area contributed by atoms with Crippen LogP contribution >= 0.6 is 0 Å². The third kappa shape index (κ3) is 3.86. The first-order valence-corrected chi connectivity index (χ1v) is 7.27. The number of aromatic amines is 1. The molecule has 0 saturated carbocycles. The summed E-state index contributed by atoms with van der Waals surface area (Å²) in [5.41, 5.74) is 0.912. The fraction of sp³-hybridized carbons (Fsp3) is 0.125. The van der Waals surface area contributed by atoms with Gasteiger partial charge in [0.15, 0.2) is 5.76 Å². The van der Waals surface area contributed by atoms with E-state index in [1.54, 1.807) is 6.07 Å². The summed E-state index contributed by atoms with van der Waals surface area (Å²) >= 11 is 0. The van der Waals surface area contributed by atoms with Crippen LogP contribution in [0.2, 0.25) is 0 Å². The summed E-state index contributed by atoms with van der Waals surface area (Å²) in [7, 11) is 0. The van der Waals surface area contributed by atoms with Crippen LogP contribution in [0.4, 0.5) is 5.95 Å². The van der Waals surface area contributed by atoms with Crippen molar-refractivity contribution in [3.63, 3.8) is 0 Å². The molecule has 1 aromatic carbocycles. The second-order valence-corrected chi connectivity index (χ2v) is 5.02. The normalized spacial score (nSPS) is 11.7. The zero-order valence-electron chi connectivity index (χ0n) is 12.6. The SMILES string of the molecule is O=C(N[C@H](Cc1ccccc1)C(=O)Nc1ncn[nH]1)c1ccco1. The Morgan fingerprint density at radius 3 is 2.67 bits per heavy atom. The monoisotopic (exact) mass is 325 g/mol. The minimum atomic E-state index is -0.796. The van der Waals surface area contributed by atoms with Gasteiger partial charge in [0.05, 0.1) is 6.26 Å². The summed E-state index contributed by atoms with van der Waals surface area (Å²) < 4.78 is 5.06. The van der Waals surface area contributed by atoms with Gasteiger partial charge in [-0.15, -0.1) is 0 Å². The van der Waals surface area contributed by atoms with Gasteiger partial charge in [0, 0.05) is 6.42 Å². The molecule has 2 aromatic heterocycles. The summed E-state index contributed by atoms with van der Waals surface area (Å²) in [6, 6.07) is 11.7. The third-order valence-electron chi connectivity index (χ3n) is 3.31. The summed E-state index contributed by atoms with van der Waals surface area (Å²) in [4.78, 5) is 28.5. The molecule has 3 rings (SSSR count). The number of hydrogen-bond acceptors (Lipinski definition) is 5. The smallest absolute Gasteiger partial charge is 0.287 e. The van der Waals surface area contributed by atoms with E-state index in [2.05, 4.69) is 25.8 Å². The van der Waals surface area contributed by atoms with Crippen molar-refractivity contribution in [3.05, 3.63) is 66.4 Å². The highest BCUT2D eigenvalue weighted by molar-refractivity contribution is 5.99. The summed E-state index contributed by atoms with van der Waals surface area (Å²) in [6.07, 6.45) is 3.01. The van der Waals surface area contributed by atoms with Gasteiger partial charge >= 0.3 is 0 Å². The number of amides is 2. The highest BCUT2D eigenvalue weighted by Crippen LogP contribution is 2.07. The van der Waals surface area contributed by atoms with E-state index in [0.717, 1.165) is 5.56 Å². The van der Waals surface area contributed by atoms with Gasteiger partial charge in [0.25, 0.3) is 5.91 Å². The van der Waals surface area contributed by atoms with E-state index >= 15 is 0 Å². The van der Waals surface area contributed by atoms with Crippen LogP contribution in [0.3, 0.4) is 0 Å². The van der Waals surface area contributed by atoms with Crippen molar-refractivity contribution < 1.29 is 14.0 Å². The number of carbonyl (C=O) groups excluding carboxylic acids is 2. The van der Waals surface area contributed by atoms with E-state index < -0.39 is 17.9 Å². The zero-order chi connectivity index (χ0) is 16.8. The Hall–Kier alpha value is -3.42. The fourth-order valence-electron chi connectivity index (χ4n) is 2.17. The van der Waals surface area contributed by atoms with Crippen LogP contribution < -0.4 is 10.6 Å². The maximum absolute atomic E-state index is 12.5. The number of nitrogens with one attached hydrogen (secondary N) is 3. The van der Waals surface area contributed by atoms with Crippen LogP contribution in [0.15, 0.2) is 59.5 Å². The van der Waals surface area contributed by atoms with Crippen molar-refractivity contribution in [3.8, 4) is 0 Å². The molecule has 8 heteroatoms. The predicted octanol–water partition coefficient (Wildman–Crippen LogP) is 1.38. The molecule has 3 N–H and O–H groups in total. The first kappa shape index (κ1) is 15.5. The largest absolute Gasteiger partial charge is 0.459 e. The Labute approximate surface area is 137 Å². The lowest BCUT2D eigenvalue weighted by Gasteiger charge is -2.17. The molecule has 0 unspecified atom stereocenters. The van der Waals surface area contributed by atoms with Crippen molar-refractivity contribution in [2.24, 2.45) is 0 Å². The number of H-pyrrole nitrogens is 1. The van der Waals surface area contributed by atoms with E-state index in [0.29, 0.717) is 6.42 Å². The van der Waals surface area contributed by atoms with Gasteiger partial charge < -0.3 is 9.73 Å². The van der Waals surface area contributed by atoms with Crippen LogP contribution in [0.25, 0.3) is 0 Å². The number of aromatic nitrogens is 3. The van der Waals surface area contributed by atoms with Gasteiger partial charge in [-0.1, -0.05) is 30.3 Å². The molecule has 0 radical (unpaired) electrons. The highest BCUT2D eigenvalue weighted by Gasteiger charge is 2.23. The van der Waals surface area contributed by atoms with Crippen LogP contribution in [0.1, 0.15) is 16.1 Å². The molecule has 0 spiro atoms. The van der Waals surface area contributed by atoms with Crippen LogP contribution in [-0.4, -0.2) is 33.0 Å². The van der Waals surface area contributed by atoms with Gasteiger partial charge in [-0.25, -0.2) is 5.10 Å². The zero-order valence-corrected chi connectivity index (χ0v) is 12.6. The first-order chi connectivity index (χ1) is 11.7. The summed E-state index contributed by atoms with van der Waals surface area (Å²) in [6.45, 7) is 0. The Balaban J connectivity index is 1.74. The van der Waals surface area contributed by atoms with Gasteiger partial charge in [-0.3, -0.25) is 14.9 Å². The molecule has 24 heavy (non-hydrogen) atoms. The molecule has 1 atom stereocenters. The predicted molar refractivity (Wildman–Crippen MR) is 85.1 cm³/mol. The van der Waals surface area contributed by atoms with Crippen LogP contribution in [0, 0.1) is 0 Å². The molecule has 3 aromatic rings. The molecule has 0 aliphatic rings. The molecule has 2 amide bonds. The van der Waals surface area contributed by atoms with E-state index in [9.17, 15) is 9.59 Å². The standard InChI is InChI=1S/C16H15N5O3/c22-14(20-16-17-10-18-21-16)12(9-11-5-2-1-3-6-11)19-15(23)13-7-4-8-24-13/h1-8,10,12H,9H2,(H,19,23)(H2,17,18,20,21,22)/t12-/m1/s1. The van der Waals surface area contributed by atoms with Gasteiger partial charge in [-0.05, 0) is 17.7 Å². The maximum Gasteiger partial charge on any atom is 0.287 e. The summed E-state index contributed by atoms with van der Waals surface area (Å²) in [5.74, 6) is -0.519. The maximum atomic E-state index is 12.5. The van der Waals surface area contributed by atoms with E-state index in [1.165, 1.54) is 18.7 Å². The molecule has 0 bridgehead atoms. The van der Waals surface area contributed by atoms with Gasteiger partial charge in [0.1, 0.15) is 12.4 Å². The minimum Gasteiger partial charge on any atom is -0.459 e. The van der Waals surface area contributed by atoms with Crippen LogP contribution in [0.5, 0.6) is 0 Å². The first-order valence-electron chi connectivity index (χ1n) is 7.27. The van der Waals surface area contributed by atoms with Crippen LogP contribution in [-0.2, 0) is 11.2 Å². The topological polar surface area (TPSA) is 113 Å². The number of furan rings is 1. The number of benzene rings is 1. The molecule has 0 aliphatic carbocycles. The lowest BCUT2D eigenvalue weighted by Crippen LogP contribution is -2.45. The number of carbonyl (C=O) groups is 2. The Bertz CT molecular complexity index is 785. The number of nitrogens with zero attached hydrogens (tertiary/aromatic N) is 2. The van der Waals surface area contributed by atoms with Crippen molar-refractivity contribution in [2.45, 2.75) is 12.5 Å². The molecule has 0 fully saturated rings. The van der Waals surface area contributed by atoms with Gasteiger partial charge in [-0.2, -0.15) is 10.1 Å². The molecular formula is C16H15N5O3. The fourth-order valence-corrected chi connectivity index (χ4v) is 2.17. The van der Waals surface area contributed by atoms with Crippen molar-refractivity contribution in [1.82, 2.24) is 20.5 Å². The summed E-state index contributed by atoms with van der Waals surface area (Å²) in [5, 5.41) is 11.5. The quantitative estimate of drug-likeness (QED) is 0.633. The minimum absolute atomic E-state index is 0.139. The Morgan fingerprint density at radius 2 is 2.00 bits per heavy atom. The lowest BCUT2D eigenvalue weighted by atomic mass is 10.1. The molecule has 0 saturated heterocycles. The Morgan fingerprint density at radius 1 is 1.17 bits per heavy atom. The van der Waals surface area contributed by atoms with Crippen molar-refractivity contribution in [2.75, 3.05) is 5.32 Å². The van der Waals surface area contributed by atoms with E-state index in [1.807, 2.05) is 30.3 Å². The molecular weight excluding hydrogens is 310 g/mol. The lowest BCUT2D eigenvalue weighted by molar-refractivity contribution is -0.118. The Kier molecular flexibility index (Phi) is 4.66. The van der Waals surface area contributed by atoms with E-state index in [4.69, 9.17) is 4.42 Å². The van der Waals surface area contributed by atoms with E-state index in [-0.39, 0.29) is 11.7 Å². The van der Waals surface area contributed by atoms with Crippen molar-refractivity contribution >= 4 is 17.8 Å². The van der Waals surface area contributed by atoms with Crippen molar-refractivity contribution in [1.29, 1.82) is 0 Å². The molecule has 2 heterocycles. The molecule has 0 aliphatic heterocycles. The third-order valence-corrected chi connectivity index (χ3v) is 3.31.